The Bertz CT molecular complexity index is 416. The highest BCUT2D eigenvalue weighted by molar-refractivity contribution is 6.00. The van der Waals surface area contributed by atoms with Gasteiger partial charge in [-0.1, -0.05) is 0 Å². The summed E-state index contributed by atoms with van der Waals surface area (Å²) in [5.74, 6) is -1.29. The first-order valence-electron chi connectivity index (χ1n) is 6.06. The Balaban J connectivity index is 0.00000200. The van der Waals surface area contributed by atoms with Gasteiger partial charge < -0.3 is 12.4 Å². The SMILES string of the molecule is CC(CN1CC(=O)NC(=O)C1)N1CC(=O)NC(=O)C1.[Cl-].[H+]. The van der Waals surface area contributed by atoms with Gasteiger partial charge in [0.2, 0.25) is 23.6 Å². The zero-order valence-corrected chi connectivity index (χ0v) is 11.8. The van der Waals surface area contributed by atoms with E-state index < -0.39 is 0 Å². The minimum absolute atomic E-state index is 0. The summed E-state index contributed by atoms with van der Waals surface area (Å²) in [6, 6.07) is -0.0892. The molecule has 2 rings (SSSR count). The molecule has 8 nitrogen and oxygen atoms in total. The molecule has 0 bridgehead atoms. The fourth-order valence-corrected chi connectivity index (χ4v) is 2.29. The van der Waals surface area contributed by atoms with Gasteiger partial charge in [0.25, 0.3) is 0 Å². The van der Waals surface area contributed by atoms with E-state index in [2.05, 4.69) is 10.6 Å². The Morgan fingerprint density at radius 2 is 1.35 bits per heavy atom. The van der Waals surface area contributed by atoms with E-state index in [4.69, 9.17) is 0 Å². The van der Waals surface area contributed by atoms with Gasteiger partial charge in [0.15, 0.2) is 0 Å². The number of halogens is 1. The number of amides is 4. The van der Waals surface area contributed by atoms with Crippen LogP contribution in [-0.2, 0) is 19.2 Å². The molecule has 2 fully saturated rings. The van der Waals surface area contributed by atoms with Crippen LogP contribution in [-0.4, -0.2) is 72.2 Å². The number of hydrogen-bond donors (Lipinski definition) is 2. The molecule has 2 aliphatic rings. The number of carbonyl (C=O) groups excluding carboxylic acids is 4. The van der Waals surface area contributed by atoms with Crippen molar-refractivity contribution >= 4 is 23.6 Å². The van der Waals surface area contributed by atoms with E-state index in [-0.39, 0.29) is 69.7 Å². The fourth-order valence-electron chi connectivity index (χ4n) is 2.29. The normalized spacial score (nSPS) is 22.9. The van der Waals surface area contributed by atoms with Gasteiger partial charge >= 0.3 is 1.43 Å². The largest absolute Gasteiger partial charge is 1.00 e. The third kappa shape index (κ3) is 4.26. The van der Waals surface area contributed by atoms with Crippen LogP contribution in [0.4, 0.5) is 0 Å². The molecule has 2 N–H and O–H groups in total. The molecule has 0 aromatic rings. The lowest BCUT2D eigenvalue weighted by Gasteiger charge is -2.35. The molecule has 2 aliphatic heterocycles. The summed E-state index contributed by atoms with van der Waals surface area (Å²) in [6.07, 6.45) is 0. The number of piperazine rings is 2. The van der Waals surface area contributed by atoms with Gasteiger partial charge in [-0.15, -0.1) is 0 Å². The molecular weight excluding hydrogens is 288 g/mol. The molecule has 20 heavy (non-hydrogen) atoms. The second kappa shape index (κ2) is 6.78. The van der Waals surface area contributed by atoms with Crippen LogP contribution in [0.1, 0.15) is 8.35 Å². The first kappa shape index (κ1) is 16.5. The van der Waals surface area contributed by atoms with Crippen LogP contribution >= 0.6 is 0 Å². The number of nitrogens with zero attached hydrogens (tertiary/aromatic N) is 2. The summed E-state index contributed by atoms with van der Waals surface area (Å²) in [4.78, 5) is 48.5. The Morgan fingerprint density at radius 3 is 1.80 bits per heavy atom. The summed E-state index contributed by atoms with van der Waals surface area (Å²) < 4.78 is 0. The third-order valence-electron chi connectivity index (χ3n) is 3.13. The van der Waals surface area contributed by atoms with Crippen LogP contribution < -0.4 is 23.0 Å². The maximum Gasteiger partial charge on any atom is 1.00 e. The average molecular weight is 305 g/mol. The Morgan fingerprint density at radius 1 is 0.950 bits per heavy atom. The number of nitrogens with one attached hydrogen (secondary N) is 2. The standard InChI is InChI=1S/C11H16N4O4.ClH/c1-7(15-5-10(18)13-11(19)6-15)2-14-3-8(16)12-9(17)4-14;/h7H,2-6H2,1H3,(H,12,16,17)(H,13,18,19);1H. The molecular formula is C11H17ClN4O4. The summed E-state index contributed by atoms with van der Waals surface area (Å²) in [7, 11) is 0. The topological polar surface area (TPSA) is 98.8 Å². The number of carbonyl (C=O) groups is 4. The summed E-state index contributed by atoms with van der Waals surface area (Å²) >= 11 is 0. The first-order valence-corrected chi connectivity index (χ1v) is 6.06. The van der Waals surface area contributed by atoms with Crippen molar-refractivity contribution < 1.29 is 33.0 Å². The van der Waals surface area contributed by atoms with Crippen molar-refractivity contribution in [3.63, 3.8) is 0 Å². The smallest absolute Gasteiger partial charge is 1.00 e. The van der Waals surface area contributed by atoms with Crippen LogP contribution in [0.5, 0.6) is 0 Å². The van der Waals surface area contributed by atoms with Crippen molar-refractivity contribution in [1.82, 2.24) is 20.4 Å². The van der Waals surface area contributed by atoms with E-state index in [0.717, 1.165) is 0 Å². The van der Waals surface area contributed by atoms with Gasteiger partial charge in [0.1, 0.15) is 0 Å². The molecule has 9 heteroatoms. The predicted molar refractivity (Wildman–Crippen MR) is 64.9 cm³/mol. The van der Waals surface area contributed by atoms with E-state index in [1.54, 1.807) is 9.80 Å². The Kier molecular flexibility index (Phi) is 5.61. The maximum absolute atomic E-state index is 11.3. The van der Waals surface area contributed by atoms with Gasteiger partial charge in [0, 0.05) is 12.6 Å². The molecule has 2 saturated heterocycles. The van der Waals surface area contributed by atoms with Crippen LogP contribution in [0.25, 0.3) is 0 Å². The number of rotatable bonds is 3. The predicted octanol–water partition coefficient (Wildman–Crippen LogP) is -5.59. The zero-order valence-electron chi connectivity index (χ0n) is 12.0. The van der Waals surface area contributed by atoms with Crippen molar-refractivity contribution in [1.29, 1.82) is 0 Å². The quantitative estimate of drug-likeness (QED) is 0.505. The molecule has 2 heterocycles. The molecule has 1 atom stereocenters. The lowest BCUT2D eigenvalue weighted by Crippen LogP contribution is -3.00. The van der Waals surface area contributed by atoms with Gasteiger partial charge in [-0.25, -0.2) is 0 Å². The average Bonchev–Trinajstić information content (AvgIpc) is 2.25. The van der Waals surface area contributed by atoms with E-state index in [1.807, 2.05) is 6.92 Å². The second-order valence-corrected chi connectivity index (χ2v) is 4.87. The van der Waals surface area contributed by atoms with Crippen LogP contribution in [0, 0.1) is 0 Å². The Labute approximate surface area is 123 Å². The lowest BCUT2D eigenvalue weighted by molar-refractivity contribution is -0.140. The molecule has 0 aliphatic carbocycles. The van der Waals surface area contributed by atoms with Crippen molar-refractivity contribution in [2.24, 2.45) is 0 Å². The summed E-state index contributed by atoms with van der Waals surface area (Å²) in [5, 5.41) is 4.46. The zero-order chi connectivity index (χ0) is 14.0. The highest BCUT2D eigenvalue weighted by atomic mass is 35.5. The van der Waals surface area contributed by atoms with Crippen molar-refractivity contribution in [3.8, 4) is 0 Å². The van der Waals surface area contributed by atoms with Gasteiger partial charge in [-0.3, -0.25) is 39.6 Å². The van der Waals surface area contributed by atoms with Crippen LogP contribution in [0.15, 0.2) is 0 Å². The third-order valence-corrected chi connectivity index (χ3v) is 3.13. The van der Waals surface area contributed by atoms with Crippen LogP contribution in [0.2, 0.25) is 0 Å². The molecule has 0 aromatic heterocycles. The van der Waals surface area contributed by atoms with Crippen molar-refractivity contribution in [2.75, 3.05) is 32.7 Å². The fraction of sp³-hybridized carbons (Fsp3) is 0.636. The molecule has 0 aromatic carbocycles. The van der Waals surface area contributed by atoms with Crippen molar-refractivity contribution in [2.45, 2.75) is 13.0 Å². The van der Waals surface area contributed by atoms with E-state index >= 15 is 0 Å². The van der Waals surface area contributed by atoms with Crippen molar-refractivity contribution in [3.05, 3.63) is 0 Å². The minimum atomic E-state index is -0.324. The minimum Gasteiger partial charge on any atom is -1.00 e. The monoisotopic (exact) mass is 304 g/mol. The lowest BCUT2D eigenvalue weighted by atomic mass is 10.2. The highest BCUT2D eigenvalue weighted by Crippen LogP contribution is 2.06. The van der Waals surface area contributed by atoms with Gasteiger partial charge in [0.05, 0.1) is 26.2 Å². The number of hydrogen-bond acceptors (Lipinski definition) is 6. The molecule has 1 unspecified atom stereocenters. The number of imide groups is 2. The van der Waals surface area contributed by atoms with Gasteiger partial charge in [-0.2, -0.15) is 0 Å². The summed E-state index contributed by atoms with van der Waals surface area (Å²) in [6.45, 7) is 2.94. The van der Waals surface area contributed by atoms with Gasteiger partial charge in [-0.05, 0) is 6.92 Å². The van der Waals surface area contributed by atoms with E-state index in [0.29, 0.717) is 6.54 Å². The maximum atomic E-state index is 11.3. The summed E-state index contributed by atoms with van der Waals surface area (Å²) in [5.41, 5.74) is 0. The molecule has 112 valence electrons. The molecule has 0 radical (unpaired) electrons. The van der Waals surface area contributed by atoms with Crippen LogP contribution in [0.3, 0.4) is 0 Å². The molecule has 0 saturated carbocycles. The molecule has 0 spiro atoms. The first-order chi connectivity index (χ1) is 8.94. The highest BCUT2D eigenvalue weighted by Gasteiger charge is 2.29. The molecule has 4 amide bonds. The Hall–Kier alpha value is -1.51. The van der Waals surface area contributed by atoms with E-state index in [1.165, 1.54) is 0 Å². The second-order valence-electron chi connectivity index (χ2n) is 4.87. The van der Waals surface area contributed by atoms with E-state index in [9.17, 15) is 19.2 Å².